The lowest BCUT2D eigenvalue weighted by atomic mass is 9.97. The van der Waals surface area contributed by atoms with Crippen LogP contribution in [0.3, 0.4) is 0 Å². The summed E-state index contributed by atoms with van der Waals surface area (Å²) in [5.41, 5.74) is 0.862. The van der Waals surface area contributed by atoms with Crippen LogP contribution in [0.25, 0.3) is 0 Å². The minimum absolute atomic E-state index is 0.0475. The van der Waals surface area contributed by atoms with E-state index >= 15 is 0 Å². The van der Waals surface area contributed by atoms with Crippen molar-refractivity contribution in [3.05, 3.63) is 23.4 Å². The van der Waals surface area contributed by atoms with E-state index in [1.54, 1.807) is 43.1 Å². The molecule has 0 aromatic carbocycles. The highest BCUT2D eigenvalue weighted by Crippen LogP contribution is 2.28. The molecule has 1 aromatic heterocycles. The van der Waals surface area contributed by atoms with Crippen molar-refractivity contribution in [1.82, 2.24) is 14.8 Å². The molecule has 0 unspecified atom stereocenters. The van der Waals surface area contributed by atoms with Crippen LogP contribution in [0.2, 0.25) is 0 Å². The normalized spacial score (nSPS) is 21.9. The lowest BCUT2D eigenvalue weighted by Gasteiger charge is -2.38. The molecule has 0 bridgehead atoms. The van der Waals surface area contributed by atoms with E-state index in [4.69, 9.17) is 14.2 Å². The largest absolute Gasteiger partial charge is 0.472 e. The van der Waals surface area contributed by atoms with Gasteiger partial charge in [-0.25, -0.2) is 4.98 Å². The highest BCUT2D eigenvalue weighted by Gasteiger charge is 2.35. The highest BCUT2D eigenvalue weighted by atomic mass is 16.5. The zero-order valence-electron chi connectivity index (χ0n) is 20.5. The number of carbonyl (C=O) groups excluding carboxylic acids is 2. The van der Waals surface area contributed by atoms with Crippen LogP contribution in [-0.2, 0) is 14.3 Å². The number of aliphatic hydroxyl groups excluding tert-OH is 1. The summed E-state index contributed by atoms with van der Waals surface area (Å²) in [6.07, 6.45) is 2.62. The van der Waals surface area contributed by atoms with E-state index in [0.29, 0.717) is 37.4 Å². The SMILES string of the molecule is COCC#Cc1cnc2c(c1)C(=O)N([C@@H](C)CO)C[C@H](C)[C@@H](CN(C)C(=O)C1CCOCC1)O2. The van der Waals surface area contributed by atoms with Crippen molar-refractivity contribution in [2.24, 2.45) is 11.8 Å². The van der Waals surface area contributed by atoms with Crippen molar-refractivity contribution in [3.8, 4) is 17.7 Å². The summed E-state index contributed by atoms with van der Waals surface area (Å²) in [7, 11) is 3.35. The fourth-order valence-corrected chi connectivity index (χ4v) is 4.21. The van der Waals surface area contributed by atoms with Crippen LogP contribution < -0.4 is 4.74 Å². The Hall–Kier alpha value is -2.67. The summed E-state index contributed by atoms with van der Waals surface area (Å²) in [5.74, 6) is 5.67. The number of rotatable bonds is 6. The van der Waals surface area contributed by atoms with Gasteiger partial charge in [-0.1, -0.05) is 18.8 Å². The maximum Gasteiger partial charge on any atom is 0.259 e. The molecule has 186 valence electrons. The second kappa shape index (κ2) is 12.2. The summed E-state index contributed by atoms with van der Waals surface area (Å²) >= 11 is 0. The molecule has 1 saturated heterocycles. The van der Waals surface area contributed by atoms with Crippen molar-refractivity contribution >= 4 is 11.8 Å². The van der Waals surface area contributed by atoms with Crippen LogP contribution in [0, 0.1) is 23.7 Å². The van der Waals surface area contributed by atoms with Gasteiger partial charge in [-0.3, -0.25) is 9.59 Å². The minimum Gasteiger partial charge on any atom is -0.472 e. The molecular formula is C25H35N3O6. The van der Waals surface area contributed by atoms with Gasteiger partial charge >= 0.3 is 0 Å². The van der Waals surface area contributed by atoms with Crippen molar-refractivity contribution in [1.29, 1.82) is 0 Å². The van der Waals surface area contributed by atoms with Crippen molar-refractivity contribution in [3.63, 3.8) is 0 Å². The average molecular weight is 474 g/mol. The van der Waals surface area contributed by atoms with Crippen LogP contribution >= 0.6 is 0 Å². The molecule has 3 atom stereocenters. The molecule has 0 saturated carbocycles. The number of hydrogen-bond acceptors (Lipinski definition) is 7. The smallest absolute Gasteiger partial charge is 0.259 e. The molecule has 34 heavy (non-hydrogen) atoms. The molecule has 1 N–H and O–H groups in total. The molecular weight excluding hydrogens is 438 g/mol. The van der Waals surface area contributed by atoms with Gasteiger partial charge in [0, 0.05) is 57.5 Å². The molecule has 2 amide bonds. The summed E-state index contributed by atoms with van der Waals surface area (Å²) in [6.45, 7) is 5.83. The minimum atomic E-state index is -0.383. The van der Waals surface area contributed by atoms with Gasteiger partial charge in [-0.05, 0) is 25.8 Å². The fraction of sp³-hybridized carbons (Fsp3) is 0.640. The predicted octanol–water partition coefficient (Wildman–Crippen LogP) is 1.18. The van der Waals surface area contributed by atoms with Crippen molar-refractivity contribution < 1.29 is 28.9 Å². The highest BCUT2D eigenvalue weighted by molar-refractivity contribution is 5.97. The average Bonchev–Trinajstić information content (AvgIpc) is 2.86. The molecule has 0 spiro atoms. The van der Waals surface area contributed by atoms with E-state index in [9.17, 15) is 14.7 Å². The summed E-state index contributed by atoms with van der Waals surface area (Å²) in [5, 5.41) is 9.79. The topological polar surface area (TPSA) is 101 Å². The number of ether oxygens (including phenoxy) is 3. The van der Waals surface area contributed by atoms with Gasteiger partial charge < -0.3 is 29.1 Å². The molecule has 3 rings (SSSR count). The van der Waals surface area contributed by atoms with Crippen LogP contribution in [0.4, 0.5) is 0 Å². The number of nitrogens with zero attached hydrogens (tertiary/aromatic N) is 3. The Morgan fingerprint density at radius 2 is 2.15 bits per heavy atom. The number of pyridine rings is 1. The van der Waals surface area contributed by atoms with E-state index < -0.39 is 0 Å². The zero-order valence-corrected chi connectivity index (χ0v) is 20.5. The van der Waals surface area contributed by atoms with Gasteiger partial charge in [0.05, 0.1) is 19.2 Å². The summed E-state index contributed by atoms with van der Waals surface area (Å²) in [4.78, 5) is 34.2. The summed E-state index contributed by atoms with van der Waals surface area (Å²) in [6, 6.07) is 1.28. The van der Waals surface area contributed by atoms with E-state index in [2.05, 4.69) is 16.8 Å². The van der Waals surface area contributed by atoms with E-state index in [0.717, 1.165) is 12.8 Å². The monoisotopic (exact) mass is 473 g/mol. The van der Waals surface area contributed by atoms with Gasteiger partial charge in [0.2, 0.25) is 11.8 Å². The molecule has 0 radical (unpaired) electrons. The Morgan fingerprint density at radius 1 is 1.41 bits per heavy atom. The lowest BCUT2D eigenvalue weighted by molar-refractivity contribution is -0.138. The molecule has 3 heterocycles. The fourth-order valence-electron chi connectivity index (χ4n) is 4.21. The molecule has 2 aliphatic heterocycles. The van der Waals surface area contributed by atoms with Crippen LogP contribution in [-0.4, -0.2) is 97.5 Å². The first-order valence-electron chi connectivity index (χ1n) is 11.7. The lowest BCUT2D eigenvalue weighted by Crippen LogP contribution is -2.51. The molecule has 9 heteroatoms. The van der Waals surface area contributed by atoms with E-state index in [1.807, 2.05) is 6.92 Å². The third-order valence-electron chi connectivity index (χ3n) is 6.37. The number of methoxy groups -OCH3 is 1. The van der Waals surface area contributed by atoms with Crippen LogP contribution in [0.5, 0.6) is 5.88 Å². The quantitative estimate of drug-likeness (QED) is 0.619. The first-order chi connectivity index (χ1) is 16.3. The number of aliphatic hydroxyl groups is 1. The van der Waals surface area contributed by atoms with Gasteiger partial charge in [0.1, 0.15) is 18.3 Å². The van der Waals surface area contributed by atoms with Gasteiger partial charge in [0.15, 0.2) is 0 Å². The first kappa shape index (κ1) is 25.9. The third-order valence-corrected chi connectivity index (χ3v) is 6.37. The molecule has 1 fully saturated rings. The van der Waals surface area contributed by atoms with Gasteiger partial charge in [-0.15, -0.1) is 0 Å². The number of aromatic nitrogens is 1. The van der Waals surface area contributed by atoms with Crippen molar-refractivity contribution in [2.45, 2.75) is 38.8 Å². The number of amides is 2. The van der Waals surface area contributed by atoms with Crippen LogP contribution in [0.1, 0.15) is 42.6 Å². The Kier molecular flexibility index (Phi) is 9.28. The zero-order chi connectivity index (χ0) is 24.7. The number of carbonyl (C=O) groups is 2. The van der Waals surface area contributed by atoms with Crippen LogP contribution in [0.15, 0.2) is 12.3 Å². The summed E-state index contributed by atoms with van der Waals surface area (Å²) < 4.78 is 16.6. The Morgan fingerprint density at radius 3 is 2.82 bits per heavy atom. The molecule has 9 nitrogen and oxygen atoms in total. The molecule has 0 aliphatic carbocycles. The second-order valence-corrected chi connectivity index (χ2v) is 9.04. The van der Waals surface area contributed by atoms with Gasteiger partial charge in [0.25, 0.3) is 5.91 Å². The van der Waals surface area contributed by atoms with Crippen molar-refractivity contribution in [2.75, 3.05) is 53.7 Å². The van der Waals surface area contributed by atoms with E-state index in [-0.39, 0.29) is 54.9 Å². The third kappa shape index (κ3) is 6.26. The number of likely N-dealkylation sites (N-methyl/N-ethyl adjacent to an activating group) is 1. The van der Waals surface area contributed by atoms with E-state index in [1.165, 1.54) is 0 Å². The number of hydrogen-bond donors (Lipinski definition) is 1. The predicted molar refractivity (Wildman–Crippen MR) is 125 cm³/mol. The Bertz CT molecular complexity index is 921. The second-order valence-electron chi connectivity index (χ2n) is 9.04. The molecule has 1 aromatic rings. The molecule has 2 aliphatic rings. The standard InChI is InChI=1S/C25H35N3O6/c1-17-14-28(18(2)16-29)25(31)21-12-19(6-5-9-32-4)13-26-23(21)34-22(17)15-27(3)24(30)20-7-10-33-11-8-20/h12-13,17-18,20,22,29H,7-11,14-16H2,1-4H3/t17-,18-,22+/m0/s1. The Labute approximate surface area is 201 Å². The Balaban J connectivity index is 1.88. The first-order valence-corrected chi connectivity index (χ1v) is 11.7. The maximum atomic E-state index is 13.4. The maximum absolute atomic E-state index is 13.4. The van der Waals surface area contributed by atoms with Gasteiger partial charge in [-0.2, -0.15) is 0 Å². The number of fused-ring (bicyclic) bond motifs is 1.